The molecule has 0 bridgehead atoms. The fourth-order valence-corrected chi connectivity index (χ4v) is 3.52. The van der Waals surface area contributed by atoms with Crippen molar-refractivity contribution in [2.24, 2.45) is 5.41 Å². The second-order valence-electron chi connectivity index (χ2n) is 10.1. The van der Waals surface area contributed by atoms with E-state index in [1.54, 1.807) is 0 Å². The summed E-state index contributed by atoms with van der Waals surface area (Å²) in [6.07, 6.45) is 20.9. The lowest BCUT2D eigenvalue weighted by molar-refractivity contribution is -0.139. The minimum Gasteiger partial charge on any atom is -0.481 e. The SMILES string of the molecule is CCC(CO)(CO)CO.CCCCCCCCCCCCCCCCCC(=O)O.O=C(O)CCCC(=O)O. The van der Waals surface area contributed by atoms with Crippen LogP contribution >= 0.6 is 0 Å². The summed E-state index contributed by atoms with van der Waals surface area (Å²) < 4.78 is 0. The quantitative estimate of drug-likeness (QED) is 0.0786. The second-order valence-corrected chi connectivity index (χ2v) is 10.1. The third-order valence-electron chi connectivity index (χ3n) is 6.53. The van der Waals surface area contributed by atoms with Crippen LogP contribution in [0.1, 0.15) is 142 Å². The van der Waals surface area contributed by atoms with Crippen LogP contribution in [0.5, 0.6) is 0 Å². The van der Waals surface area contributed by atoms with Gasteiger partial charge in [-0.25, -0.2) is 0 Å². The zero-order valence-electron chi connectivity index (χ0n) is 24.2. The van der Waals surface area contributed by atoms with E-state index in [1.807, 2.05) is 6.92 Å². The van der Waals surface area contributed by atoms with Gasteiger partial charge in [0, 0.05) is 24.7 Å². The van der Waals surface area contributed by atoms with Gasteiger partial charge in [-0.3, -0.25) is 14.4 Å². The molecule has 0 aromatic carbocycles. The first-order valence-electron chi connectivity index (χ1n) is 14.6. The van der Waals surface area contributed by atoms with Gasteiger partial charge >= 0.3 is 17.9 Å². The Labute approximate surface area is 230 Å². The molecule has 0 saturated carbocycles. The average Bonchev–Trinajstić information content (AvgIpc) is 2.88. The monoisotopic (exact) mass is 550 g/mol. The van der Waals surface area contributed by atoms with Crippen molar-refractivity contribution in [3.05, 3.63) is 0 Å². The van der Waals surface area contributed by atoms with Gasteiger partial charge in [-0.15, -0.1) is 0 Å². The molecule has 0 aromatic rings. The molecule has 0 aromatic heterocycles. The predicted molar refractivity (Wildman–Crippen MR) is 150 cm³/mol. The second kappa shape index (κ2) is 31.5. The first kappa shape index (κ1) is 40.8. The molecule has 6 N–H and O–H groups in total. The van der Waals surface area contributed by atoms with Crippen LogP contribution in [0, 0.1) is 5.41 Å². The molecule has 0 rings (SSSR count). The minimum atomic E-state index is -0.948. The fourth-order valence-electron chi connectivity index (χ4n) is 3.52. The van der Waals surface area contributed by atoms with E-state index in [1.165, 1.54) is 83.5 Å². The van der Waals surface area contributed by atoms with Crippen molar-refractivity contribution in [1.29, 1.82) is 0 Å². The highest BCUT2D eigenvalue weighted by atomic mass is 16.4. The van der Waals surface area contributed by atoms with Crippen molar-refractivity contribution in [1.82, 2.24) is 0 Å². The zero-order valence-corrected chi connectivity index (χ0v) is 24.2. The van der Waals surface area contributed by atoms with Gasteiger partial charge in [-0.05, 0) is 19.3 Å². The highest BCUT2D eigenvalue weighted by Crippen LogP contribution is 2.18. The molecule has 0 spiro atoms. The van der Waals surface area contributed by atoms with Crippen molar-refractivity contribution in [2.75, 3.05) is 19.8 Å². The van der Waals surface area contributed by atoms with Crippen LogP contribution in [-0.4, -0.2) is 68.4 Å². The van der Waals surface area contributed by atoms with E-state index in [-0.39, 0.29) is 39.1 Å². The molecule has 0 aliphatic carbocycles. The van der Waals surface area contributed by atoms with Gasteiger partial charge < -0.3 is 30.6 Å². The number of carboxylic acids is 3. The first-order chi connectivity index (χ1) is 18.1. The van der Waals surface area contributed by atoms with Crippen molar-refractivity contribution >= 4 is 17.9 Å². The number of unbranched alkanes of at least 4 members (excludes halogenated alkanes) is 14. The number of hydrogen-bond acceptors (Lipinski definition) is 6. The van der Waals surface area contributed by atoms with Gasteiger partial charge in [0.15, 0.2) is 0 Å². The molecule has 38 heavy (non-hydrogen) atoms. The Bertz CT molecular complexity index is 503. The van der Waals surface area contributed by atoms with Crippen LogP contribution in [0.25, 0.3) is 0 Å². The van der Waals surface area contributed by atoms with E-state index in [2.05, 4.69) is 6.92 Å². The number of aliphatic hydroxyl groups is 3. The van der Waals surface area contributed by atoms with Crippen LogP contribution in [0.2, 0.25) is 0 Å². The molecular weight excluding hydrogens is 492 g/mol. The van der Waals surface area contributed by atoms with Crippen LogP contribution < -0.4 is 0 Å². The third-order valence-corrected chi connectivity index (χ3v) is 6.53. The summed E-state index contributed by atoms with van der Waals surface area (Å²) in [6, 6.07) is 0. The summed E-state index contributed by atoms with van der Waals surface area (Å²) in [6.45, 7) is 3.62. The molecule has 0 aliphatic heterocycles. The lowest BCUT2D eigenvalue weighted by atomic mass is 9.88. The fraction of sp³-hybridized carbons (Fsp3) is 0.897. The van der Waals surface area contributed by atoms with E-state index in [0.717, 1.165) is 12.8 Å². The minimum absolute atomic E-state index is 0.0632. The normalized spacial score (nSPS) is 10.7. The summed E-state index contributed by atoms with van der Waals surface area (Å²) >= 11 is 0. The lowest BCUT2D eigenvalue weighted by Gasteiger charge is -2.24. The summed E-state index contributed by atoms with van der Waals surface area (Å²) in [5, 5.41) is 50.6. The number of aliphatic carboxylic acids is 3. The molecule has 0 heterocycles. The highest BCUT2D eigenvalue weighted by molar-refractivity contribution is 5.69. The Morgan fingerprint density at radius 2 is 0.711 bits per heavy atom. The predicted octanol–water partition coefficient (Wildman–Crippen LogP) is 6.02. The molecule has 0 aliphatic rings. The number of carbonyl (C=O) groups is 3. The Kier molecular flexibility index (Phi) is 33.8. The number of aliphatic hydroxyl groups excluding tert-OH is 3. The van der Waals surface area contributed by atoms with Crippen molar-refractivity contribution in [3.63, 3.8) is 0 Å². The van der Waals surface area contributed by atoms with Crippen molar-refractivity contribution in [2.45, 2.75) is 142 Å². The molecule has 0 saturated heterocycles. The third kappa shape index (κ3) is 34.3. The van der Waals surface area contributed by atoms with Crippen LogP contribution in [0.15, 0.2) is 0 Å². The Morgan fingerprint density at radius 3 is 0.921 bits per heavy atom. The number of carboxylic acid groups (broad SMARTS) is 3. The van der Waals surface area contributed by atoms with Crippen LogP contribution in [-0.2, 0) is 14.4 Å². The topological polar surface area (TPSA) is 173 Å². The first-order valence-corrected chi connectivity index (χ1v) is 14.6. The summed E-state index contributed by atoms with van der Waals surface area (Å²) in [5.74, 6) is -2.55. The molecule has 0 fully saturated rings. The maximum atomic E-state index is 10.3. The Morgan fingerprint density at radius 1 is 0.447 bits per heavy atom. The molecule has 0 atom stereocenters. The number of rotatable bonds is 24. The van der Waals surface area contributed by atoms with Gasteiger partial charge in [-0.2, -0.15) is 0 Å². The van der Waals surface area contributed by atoms with Crippen LogP contribution in [0.4, 0.5) is 0 Å². The van der Waals surface area contributed by atoms with Crippen LogP contribution in [0.3, 0.4) is 0 Å². The van der Waals surface area contributed by atoms with Gasteiger partial charge in [0.2, 0.25) is 0 Å². The number of hydrogen-bond donors (Lipinski definition) is 6. The lowest BCUT2D eigenvalue weighted by Crippen LogP contribution is -2.32. The van der Waals surface area contributed by atoms with Crippen molar-refractivity contribution in [3.8, 4) is 0 Å². The maximum Gasteiger partial charge on any atom is 0.303 e. The highest BCUT2D eigenvalue weighted by Gasteiger charge is 2.24. The standard InChI is InChI=1S/C18H36O2.C6H14O3.C5H8O4/c1-2-3-4-5-6-7-8-9-10-11-12-13-14-15-16-17-18(19)20;1-2-6(3-7,4-8)5-9;6-4(7)2-1-3-5(8)9/h2-17H2,1H3,(H,19,20);7-9H,2-5H2,1H3;1-3H2,(H,6,7)(H,8,9). The average molecular weight is 551 g/mol. The van der Waals surface area contributed by atoms with Gasteiger partial charge in [0.1, 0.15) is 0 Å². The van der Waals surface area contributed by atoms with Crippen molar-refractivity contribution < 1.29 is 45.0 Å². The smallest absolute Gasteiger partial charge is 0.303 e. The molecule has 9 heteroatoms. The summed E-state index contributed by atoms with van der Waals surface area (Å²) in [4.78, 5) is 29.9. The maximum absolute atomic E-state index is 10.3. The van der Waals surface area contributed by atoms with E-state index in [0.29, 0.717) is 12.8 Å². The Balaban J connectivity index is -0.000000563. The van der Waals surface area contributed by atoms with Gasteiger partial charge in [0.05, 0.1) is 19.8 Å². The largest absolute Gasteiger partial charge is 0.481 e. The molecular formula is C29H58O9. The van der Waals surface area contributed by atoms with E-state index in [9.17, 15) is 14.4 Å². The van der Waals surface area contributed by atoms with Gasteiger partial charge in [-0.1, -0.05) is 104 Å². The van der Waals surface area contributed by atoms with E-state index >= 15 is 0 Å². The van der Waals surface area contributed by atoms with Gasteiger partial charge in [0.25, 0.3) is 0 Å². The van der Waals surface area contributed by atoms with E-state index < -0.39 is 23.3 Å². The Hall–Kier alpha value is -1.71. The summed E-state index contributed by atoms with van der Waals surface area (Å²) in [7, 11) is 0. The molecule has 0 amide bonds. The molecule has 228 valence electrons. The molecule has 0 radical (unpaired) electrons. The molecule has 9 nitrogen and oxygen atoms in total. The zero-order chi connectivity index (χ0) is 29.5. The molecule has 0 unspecified atom stereocenters. The van der Waals surface area contributed by atoms with E-state index in [4.69, 9.17) is 30.6 Å². The summed E-state index contributed by atoms with van der Waals surface area (Å²) in [5.41, 5.74) is -0.667.